The van der Waals surface area contributed by atoms with Crippen LogP contribution in [0.25, 0.3) is 0 Å². The Bertz CT molecular complexity index is 792. The molecule has 6 nitrogen and oxygen atoms in total. The van der Waals surface area contributed by atoms with E-state index in [4.69, 9.17) is 0 Å². The molecule has 1 aliphatic heterocycles. The van der Waals surface area contributed by atoms with Crippen molar-refractivity contribution in [3.05, 3.63) is 35.1 Å². The van der Waals surface area contributed by atoms with E-state index >= 15 is 0 Å². The van der Waals surface area contributed by atoms with Crippen molar-refractivity contribution in [1.82, 2.24) is 10.2 Å². The van der Waals surface area contributed by atoms with Crippen molar-refractivity contribution in [2.45, 2.75) is 26.7 Å². The molecule has 0 aliphatic carbocycles. The first-order valence-electron chi connectivity index (χ1n) is 8.12. The zero-order valence-electron chi connectivity index (χ0n) is 14.0. The predicted molar refractivity (Wildman–Crippen MR) is 93.9 cm³/mol. The first-order valence-corrected chi connectivity index (χ1v) is 8.94. The van der Waals surface area contributed by atoms with Crippen molar-refractivity contribution in [3.8, 4) is 0 Å². The number of para-hydroxylation sites is 1. The normalized spacial score (nSPS) is 17.4. The number of aromatic nitrogens is 2. The molecule has 0 radical (unpaired) electrons. The minimum absolute atomic E-state index is 0.0534. The number of carbonyl (C=O) groups excluding carboxylic acids is 2. The van der Waals surface area contributed by atoms with Crippen molar-refractivity contribution < 1.29 is 14.0 Å². The lowest BCUT2D eigenvalue weighted by Gasteiger charge is -2.17. The van der Waals surface area contributed by atoms with Crippen LogP contribution in [0.2, 0.25) is 0 Å². The van der Waals surface area contributed by atoms with E-state index in [2.05, 4.69) is 29.4 Å². The van der Waals surface area contributed by atoms with E-state index in [1.807, 2.05) is 0 Å². The third-order valence-electron chi connectivity index (χ3n) is 3.92. The number of halogens is 1. The molecule has 0 spiro atoms. The number of hydrogen-bond donors (Lipinski definition) is 1. The molecule has 1 saturated heterocycles. The zero-order valence-corrected chi connectivity index (χ0v) is 14.8. The van der Waals surface area contributed by atoms with Gasteiger partial charge in [-0.15, -0.1) is 10.2 Å². The molecule has 1 atom stereocenters. The van der Waals surface area contributed by atoms with Gasteiger partial charge in [-0.2, -0.15) is 0 Å². The van der Waals surface area contributed by atoms with Gasteiger partial charge in [-0.3, -0.25) is 9.59 Å². The van der Waals surface area contributed by atoms with E-state index in [1.54, 1.807) is 12.1 Å². The highest BCUT2D eigenvalue weighted by Crippen LogP contribution is 2.28. The zero-order chi connectivity index (χ0) is 18.0. The highest BCUT2D eigenvalue weighted by atomic mass is 32.1. The molecule has 0 unspecified atom stereocenters. The fourth-order valence-corrected chi connectivity index (χ4v) is 3.68. The number of amides is 2. The molecule has 2 amide bonds. The van der Waals surface area contributed by atoms with E-state index in [1.165, 1.54) is 28.4 Å². The molecular formula is C17H19FN4O2S. The summed E-state index contributed by atoms with van der Waals surface area (Å²) in [7, 11) is 0. The fraction of sp³-hybridized carbons (Fsp3) is 0.412. The van der Waals surface area contributed by atoms with Gasteiger partial charge >= 0.3 is 0 Å². The minimum atomic E-state index is -0.537. The van der Waals surface area contributed by atoms with Crippen LogP contribution < -0.4 is 10.2 Å². The van der Waals surface area contributed by atoms with Gasteiger partial charge in [-0.25, -0.2) is 4.39 Å². The van der Waals surface area contributed by atoms with E-state index in [9.17, 15) is 14.0 Å². The van der Waals surface area contributed by atoms with E-state index in [0.29, 0.717) is 11.0 Å². The van der Waals surface area contributed by atoms with Crippen LogP contribution in [-0.2, 0) is 16.0 Å². The Labute approximate surface area is 149 Å². The lowest BCUT2D eigenvalue weighted by atomic mass is 10.1. The summed E-state index contributed by atoms with van der Waals surface area (Å²) < 4.78 is 13.9. The molecule has 132 valence electrons. The monoisotopic (exact) mass is 362 g/mol. The average Bonchev–Trinajstić information content (AvgIpc) is 3.14. The highest BCUT2D eigenvalue weighted by Gasteiger charge is 2.36. The average molecular weight is 362 g/mol. The smallest absolute Gasteiger partial charge is 0.231 e. The summed E-state index contributed by atoms with van der Waals surface area (Å²) in [5.74, 6) is -1.11. The van der Waals surface area contributed by atoms with Gasteiger partial charge in [0.25, 0.3) is 0 Å². The Hall–Kier alpha value is -2.35. The van der Waals surface area contributed by atoms with Gasteiger partial charge in [-0.1, -0.05) is 37.3 Å². The van der Waals surface area contributed by atoms with Crippen molar-refractivity contribution in [3.63, 3.8) is 0 Å². The SMILES string of the molecule is CC(C)Cc1nnc(NC(=O)[C@@H]2CC(=O)N(c3ccccc3F)C2)s1. The molecule has 1 N–H and O–H groups in total. The Morgan fingerprint density at radius 3 is 2.88 bits per heavy atom. The number of nitrogens with zero attached hydrogens (tertiary/aromatic N) is 3. The van der Waals surface area contributed by atoms with Crippen LogP contribution in [0.15, 0.2) is 24.3 Å². The summed E-state index contributed by atoms with van der Waals surface area (Å²) in [6, 6.07) is 6.06. The van der Waals surface area contributed by atoms with Crippen molar-refractivity contribution in [2.24, 2.45) is 11.8 Å². The van der Waals surface area contributed by atoms with Gasteiger partial charge in [0.2, 0.25) is 16.9 Å². The molecule has 1 aromatic carbocycles. The molecule has 0 bridgehead atoms. The van der Waals surface area contributed by atoms with Crippen LogP contribution in [-0.4, -0.2) is 28.6 Å². The number of rotatable bonds is 5. The molecule has 2 heterocycles. The Morgan fingerprint density at radius 1 is 1.40 bits per heavy atom. The molecule has 8 heteroatoms. The Morgan fingerprint density at radius 2 is 2.16 bits per heavy atom. The largest absolute Gasteiger partial charge is 0.309 e. The summed E-state index contributed by atoms with van der Waals surface area (Å²) in [5, 5.41) is 12.0. The van der Waals surface area contributed by atoms with Crippen molar-refractivity contribution in [2.75, 3.05) is 16.8 Å². The quantitative estimate of drug-likeness (QED) is 0.887. The highest BCUT2D eigenvalue weighted by molar-refractivity contribution is 7.15. The second-order valence-corrected chi connectivity index (χ2v) is 7.51. The molecule has 25 heavy (non-hydrogen) atoms. The molecular weight excluding hydrogens is 343 g/mol. The van der Waals surface area contributed by atoms with Gasteiger partial charge in [0.15, 0.2) is 0 Å². The lowest BCUT2D eigenvalue weighted by molar-refractivity contribution is -0.122. The summed E-state index contributed by atoms with van der Waals surface area (Å²) >= 11 is 1.34. The second-order valence-electron chi connectivity index (χ2n) is 6.44. The predicted octanol–water partition coefficient (Wildman–Crippen LogP) is 2.87. The summed E-state index contributed by atoms with van der Waals surface area (Å²) in [4.78, 5) is 25.9. The van der Waals surface area contributed by atoms with Crippen LogP contribution in [0.3, 0.4) is 0 Å². The lowest BCUT2D eigenvalue weighted by Crippen LogP contribution is -2.28. The van der Waals surface area contributed by atoms with Gasteiger partial charge in [-0.05, 0) is 18.1 Å². The third kappa shape index (κ3) is 4.01. The maximum absolute atomic E-state index is 13.9. The van der Waals surface area contributed by atoms with Crippen molar-refractivity contribution >= 4 is 34.0 Å². The van der Waals surface area contributed by atoms with Crippen molar-refractivity contribution in [1.29, 1.82) is 0 Å². The maximum Gasteiger partial charge on any atom is 0.231 e. The van der Waals surface area contributed by atoms with Gasteiger partial charge in [0.05, 0.1) is 11.6 Å². The standard InChI is InChI=1S/C17H19FN4O2S/c1-10(2)7-14-20-21-17(25-14)19-16(24)11-8-15(23)22(9-11)13-6-4-3-5-12(13)18/h3-6,10-11H,7-9H2,1-2H3,(H,19,21,24)/t11-/m1/s1. The van der Waals surface area contributed by atoms with Gasteiger partial charge in [0.1, 0.15) is 10.8 Å². The van der Waals surface area contributed by atoms with Gasteiger partial charge < -0.3 is 10.2 Å². The minimum Gasteiger partial charge on any atom is -0.309 e. The number of carbonyl (C=O) groups is 2. The summed E-state index contributed by atoms with van der Waals surface area (Å²) in [6.45, 7) is 4.32. The second kappa shape index (κ2) is 7.26. The molecule has 2 aromatic rings. The van der Waals surface area contributed by atoms with E-state index in [0.717, 1.165) is 11.4 Å². The van der Waals surface area contributed by atoms with Crippen LogP contribution >= 0.6 is 11.3 Å². The maximum atomic E-state index is 13.9. The molecule has 1 aromatic heterocycles. The number of nitrogens with one attached hydrogen (secondary N) is 1. The molecule has 3 rings (SSSR count). The van der Waals surface area contributed by atoms with Crippen LogP contribution in [0.4, 0.5) is 15.2 Å². The number of anilines is 2. The topological polar surface area (TPSA) is 75.2 Å². The molecule has 0 saturated carbocycles. The summed E-state index contributed by atoms with van der Waals surface area (Å²) in [6.07, 6.45) is 0.855. The number of benzene rings is 1. The van der Waals surface area contributed by atoms with Crippen LogP contribution in [0, 0.1) is 17.7 Å². The third-order valence-corrected chi connectivity index (χ3v) is 4.78. The fourth-order valence-electron chi connectivity index (χ4n) is 2.73. The Balaban J connectivity index is 1.65. The molecule has 1 fully saturated rings. The summed E-state index contributed by atoms with van der Waals surface area (Å²) in [5.41, 5.74) is 0.206. The first kappa shape index (κ1) is 17.5. The van der Waals surface area contributed by atoms with Crippen LogP contribution in [0.1, 0.15) is 25.3 Å². The first-order chi connectivity index (χ1) is 11.9. The van der Waals surface area contributed by atoms with Gasteiger partial charge in [0, 0.05) is 19.4 Å². The Kier molecular flexibility index (Phi) is 5.08. The number of hydrogen-bond acceptors (Lipinski definition) is 5. The molecule has 1 aliphatic rings. The van der Waals surface area contributed by atoms with Crippen LogP contribution in [0.5, 0.6) is 0 Å². The van der Waals surface area contributed by atoms with E-state index in [-0.39, 0.29) is 30.5 Å². The van der Waals surface area contributed by atoms with E-state index < -0.39 is 11.7 Å².